The lowest BCUT2D eigenvalue weighted by molar-refractivity contribution is 0.638. The van der Waals surface area contributed by atoms with Crippen molar-refractivity contribution in [3.8, 4) is 0 Å². The fourth-order valence-corrected chi connectivity index (χ4v) is 2.74. The third-order valence-corrected chi connectivity index (χ3v) is 3.97. The molecule has 0 aromatic carbocycles. The summed E-state index contributed by atoms with van der Waals surface area (Å²) in [7, 11) is 0. The topological polar surface area (TPSA) is 0 Å². The lowest BCUT2D eigenvalue weighted by atomic mass is 10.1. The van der Waals surface area contributed by atoms with E-state index >= 15 is 0 Å². The van der Waals surface area contributed by atoms with Crippen LogP contribution in [0.4, 0.5) is 0 Å². The van der Waals surface area contributed by atoms with Crippen molar-refractivity contribution in [1.82, 2.24) is 0 Å². The van der Waals surface area contributed by atoms with E-state index < -0.39 is 0 Å². The van der Waals surface area contributed by atoms with Crippen LogP contribution in [0.15, 0.2) is 16.8 Å². The smallest absolute Gasteiger partial charge is 0.0364 e. The molecule has 0 spiro atoms. The van der Waals surface area contributed by atoms with Crippen molar-refractivity contribution >= 4 is 22.9 Å². The maximum absolute atomic E-state index is 6.22. The summed E-state index contributed by atoms with van der Waals surface area (Å²) < 4.78 is 0. The lowest BCUT2D eigenvalue weighted by Crippen LogP contribution is -2.01. The van der Waals surface area contributed by atoms with Gasteiger partial charge in [0, 0.05) is 5.38 Å². The third-order valence-electron chi connectivity index (χ3n) is 2.66. The van der Waals surface area contributed by atoms with Crippen LogP contribution in [0.5, 0.6) is 0 Å². The number of hydrogen-bond acceptors (Lipinski definition) is 1. The van der Waals surface area contributed by atoms with Crippen LogP contribution in [0.3, 0.4) is 0 Å². The van der Waals surface area contributed by atoms with Gasteiger partial charge in [-0.25, -0.2) is 0 Å². The number of alkyl halides is 1. The highest BCUT2D eigenvalue weighted by molar-refractivity contribution is 7.07. The summed E-state index contributed by atoms with van der Waals surface area (Å²) in [6.45, 7) is 0. The van der Waals surface area contributed by atoms with Crippen LogP contribution < -0.4 is 0 Å². The Morgan fingerprint density at radius 2 is 2.38 bits per heavy atom. The van der Waals surface area contributed by atoms with Gasteiger partial charge < -0.3 is 0 Å². The molecule has 0 aliphatic heterocycles. The Balaban J connectivity index is 1.63. The average Bonchev–Trinajstić information content (AvgIpc) is 2.86. The van der Waals surface area contributed by atoms with E-state index in [0.717, 1.165) is 5.92 Å². The van der Waals surface area contributed by atoms with E-state index in [1.54, 1.807) is 11.3 Å². The van der Waals surface area contributed by atoms with Gasteiger partial charge in [-0.1, -0.05) is 0 Å². The average molecular weight is 215 g/mol. The Labute approximate surface area is 88.9 Å². The van der Waals surface area contributed by atoms with Crippen LogP contribution >= 0.6 is 22.9 Å². The van der Waals surface area contributed by atoms with Crippen molar-refractivity contribution in [2.75, 3.05) is 0 Å². The van der Waals surface area contributed by atoms with Gasteiger partial charge in [-0.2, -0.15) is 11.3 Å². The van der Waals surface area contributed by atoms with E-state index in [9.17, 15) is 0 Å². The first-order chi connectivity index (χ1) is 6.36. The first-order valence-corrected chi connectivity index (χ1v) is 6.39. The van der Waals surface area contributed by atoms with Crippen LogP contribution in [0, 0.1) is 5.92 Å². The van der Waals surface area contributed by atoms with Crippen molar-refractivity contribution < 1.29 is 0 Å². The van der Waals surface area contributed by atoms with Crippen LogP contribution in [0.25, 0.3) is 0 Å². The summed E-state index contributed by atoms with van der Waals surface area (Å²) in [6.07, 6.45) is 6.39. The maximum atomic E-state index is 6.22. The summed E-state index contributed by atoms with van der Waals surface area (Å²) in [5.41, 5.74) is 1.48. The van der Waals surface area contributed by atoms with Gasteiger partial charge in [0.25, 0.3) is 0 Å². The van der Waals surface area contributed by atoms with Gasteiger partial charge >= 0.3 is 0 Å². The molecule has 0 bridgehead atoms. The second kappa shape index (κ2) is 4.47. The summed E-state index contributed by atoms with van der Waals surface area (Å²) >= 11 is 8.01. The summed E-state index contributed by atoms with van der Waals surface area (Å²) in [5, 5.41) is 4.84. The summed E-state index contributed by atoms with van der Waals surface area (Å²) in [4.78, 5) is 0. The molecule has 1 aliphatic carbocycles. The SMILES string of the molecule is ClC(CCCc1ccsc1)C1CC1. The third kappa shape index (κ3) is 2.99. The molecule has 0 saturated heterocycles. The first-order valence-electron chi connectivity index (χ1n) is 5.01. The number of halogens is 1. The Morgan fingerprint density at radius 3 is 3.00 bits per heavy atom. The van der Waals surface area contributed by atoms with E-state index in [1.807, 2.05) is 0 Å². The van der Waals surface area contributed by atoms with E-state index in [0.29, 0.717) is 5.38 Å². The number of thiophene rings is 1. The largest absolute Gasteiger partial charge is 0.152 e. The Hall–Kier alpha value is -0.0100. The first kappa shape index (κ1) is 9.54. The summed E-state index contributed by atoms with van der Waals surface area (Å²) in [6, 6.07) is 2.21. The molecule has 0 amide bonds. The molecule has 1 aromatic heterocycles. The fourth-order valence-electron chi connectivity index (χ4n) is 1.63. The molecule has 0 N–H and O–H groups in total. The molecule has 0 radical (unpaired) electrons. The van der Waals surface area contributed by atoms with Gasteiger partial charge in [-0.05, 0) is 60.4 Å². The Bertz CT molecular complexity index is 239. The normalized spacial score (nSPS) is 18.8. The highest BCUT2D eigenvalue weighted by atomic mass is 35.5. The standard InChI is InChI=1S/C11H15ClS/c12-11(10-4-5-10)3-1-2-9-6-7-13-8-9/h6-8,10-11H,1-5H2. The molecule has 1 aromatic rings. The van der Waals surface area contributed by atoms with Crippen molar-refractivity contribution in [2.45, 2.75) is 37.5 Å². The fraction of sp³-hybridized carbons (Fsp3) is 0.636. The van der Waals surface area contributed by atoms with Gasteiger partial charge in [0.15, 0.2) is 0 Å². The minimum Gasteiger partial charge on any atom is -0.152 e. The minimum atomic E-state index is 0.457. The van der Waals surface area contributed by atoms with Crippen molar-refractivity contribution in [3.05, 3.63) is 22.4 Å². The van der Waals surface area contributed by atoms with Crippen LogP contribution in [-0.2, 0) is 6.42 Å². The molecule has 1 fully saturated rings. The van der Waals surface area contributed by atoms with Gasteiger partial charge in [0.1, 0.15) is 0 Å². The van der Waals surface area contributed by atoms with Crippen LogP contribution in [-0.4, -0.2) is 5.38 Å². The molecule has 2 heteroatoms. The molecule has 0 nitrogen and oxygen atoms in total. The molecule has 1 heterocycles. The molecule has 1 saturated carbocycles. The van der Waals surface area contributed by atoms with E-state index in [2.05, 4.69) is 16.8 Å². The zero-order valence-corrected chi connectivity index (χ0v) is 9.28. The summed E-state index contributed by atoms with van der Waals surface area (Å²) in [5.74, 6) is 0.851. The van der Waals surface area contributed by atoms with E-state index in [-0.39, 0.29) is 0 Å². The molecule has 72 valence electrons. The highest BCUT2D eigenvalue weighted by Gasteiger charge is 2.28. The van der Waals surface area contributed by atoms with E-state index in [1.165, 1.54) is 37.7 Å². The van der Waals surface area contributed by atoms with Crippen molar-refractivity contribution in [1.29, 1.82) is 0 Å². The van der Waals surface area contributed by atoms with Gasteiger partial charge in [0.2, 0.25) is 0 Å². The van der Waals surface area contributed by atoms with Crippen molar-refractivity contribution in [2.24, 2.45) is 5.92 Å². The van der Waals surface area contributed by atoms with Crippen molar-refractivity contribution in [3.63, 3.8) is 0 Å². The number of hydrogen-bond donors (Lipinski definition) is 0. The number of aryl methyl sites for hydroxylation is 1. The van der Waals surface area contributed by atoms with Gasteiger partial charge in [0.05, 0.1) is 0 Å². The van der Waals surface area contributed by atoms with Crippen LogP contribution in [0.2, 0.25) is 0 Å². The second-order valence-electron chi connectivity index (χ2n) is 3.88. The molecule has 13 heavy (non-hydrogen) atoms. The molecule has 1 unspecified atom stereocenters. The quantitative estimate of drug-likeness (QED) is 0.648. The second-order valence-corrected chi connectivity index (χ2v) is 5.22. The van der Waals surface area contributed by atoms with Crippen LogP contribution in [0.1, 0.15) is 31.2 Å². The highest BCUT2D eigenvalue weighted by Crippen LogP contribution is 2.37. The molecule has 2 rings (SSSR count). The Kier molecular flexibility index (Phi) is 3.28. The molecule has 1 atom stereocenters. The lowest BCUT2D eigenvalue weighted by Gasteiger charge is -2.05. The Morgan fingerprint density at radius 1 is 1.54 bits per heavy atom. The minimum absolute atomic E-state index is 0.457. The van der Waals surface area contributed by atoms with E-state index in [4.69, 9.17) is 11.6 Å². The molecule has 1 aliphatic rings. The molecular weight excluding hydrogens is 200 g/mol. The monoisotopic (exact) mass is 214 g/mol. The molecular formula is C11H15ClS. The van der Waals surface area contributed by atoms with Gasteiger partial charge in [-0.15, -0.1) is 11.6 Å². The van der Waals surface area contributed by atoms with Gasteiger partial charge in [-0.3, -0.25) is 0 Å². The zero-order chi connectivity index (χ0) is 9.10. The number of rotatable bonds is 5. The predicted molar refractivity (Wildman–Crippen MR) is 59.6 cm³/mol. The maximum Gasteiger partial charge on any atom is 0.0364 e. The zero-order valence-electron chi connectivity index (χ0n) is 7.71. The predicted octanol–water partition coefficient (Wildman–Crippen LogP) is 4.09.